The first-order valence-corrected chi connectivity index (χ1v) is 10.5. The van der Waals surface area contributed by atoms with E-state index in [2.05, 4.69) is 0 Å². The molecule has 1 aromatic carbocycles. The Morgan fingerprint density at radius 1 is 1.11 bits per heavy atom. The Kier molecular flexibility index (Phi) is 4.46. The molecule has 9 heteroatoms. The summed E-state index contributed by atoms with van der Waals surface area (Å²) < 4.78 is 36.1. The number of rotatable bonds is 5. The Morgan fingerprint density at radius 3 is 2.41 bits per heavy atom. The van der Waals surface area contributed by atoms with Gasteiger partial charge in [-0.15, -0.1) is 0 Å². The van der Waals surface area contributed by atoms with Gasteiger partial charge in [-0.25, -0.2) is 0 Å². The maximum atomic E-state index is 12.7. The summed E-state index contributed by atoms with van der Waals surface area (Å²) in [5, 5.41) is 10.8. The van der Waals surface area contributed by atoms with Crippen LogP contribution in [0.15, 0.2) is 29.2 Å². The predicted octanol–water partition coefficient (Wildman–Crippen LogP) is 2.52. The van der Waals surface area contributed by atoms with Crippen LogP contribution in [0.4, 0.5) is 5.69 Å². The number of carbonyl (C=O) groups is 1. The molecule has 8 nitrogen and oxygen atoms in total. The van der Waals surface area contributed by atoms with Crippen molar-refractivity contribution in [2.75, 3.05) is 7.11 Å². The van der Waals surface area contributed by atoms with Gasteiger partial charge >= 0.3 is 5.97 Å². The van der Waals surface area contributed by atoms with E-state index < -0.39 is 21.1 Å². The number of nitro benzene ring substituents is 1. The topological polar surface area (TPSA) is 113 Å². The van der Waals surface area contributed by atoms with Gasteiger partial charge in [-0.3, -0.25) is 19.1 Å². The molecule has 4 aliphatic rings. The van der Waals surface area contributed by atoms with Gasteiger partial charge in [0.05, 0.1) is 29.0 Å². The lowest BCUT2D eigenvalue weighted by atomic mass is 9.50. The minimum absolute atomic E-state index is 0.112. The highest BCUT2D eigenvalue weighted by Crippen LogP contribution is 2.58. The van der Waals surface area contributed by atoms with Crippen LogP contribution in [0.2, 0.25) is 0 Å². The zero-order valence-corrected chi connectivity index (χ0v) is 15.6. The molecule has 4 aliphatic carbocycles. The third-order valence-corrected chi connectivity index (χ3v) is 7.71. The van der Waals surface area contributed by atoms with Crippen molar-refractivity contribution in [1.29, 1.82) is 0 Å². The molecule has 4 saturated carbocycles. The number of ether oxygens (including phenoxy) is 1. The molecule has 1 aromatic rings. The zero-order valence-electron chi connectivity index (χ0n) is 14.8. The van der Waals surface area contributed by atoms with Gasteiger partial charge in [0.2, 0.25) is 0 Å². The minimum atomic E-state index is -4.08. The van der Waals surface area contributed by atoms with Crippen LogP contribution in [-0.4, -0.2) is 32.5 Å². The fourth-order valence-electron chi connectivity index (χ4n) is 5.45. The Hall–Kier alpha value is -2.00. The van der Waals surface area contributed by atoms with E-state index in [1.54, 1.807) is 0 Å². The number of methoxy groups -OCH3 is 1. The lowest BCUT2D eigenvalue weighted by molar-refractivity contribution is -0.384. The Bertz CT molecular complexity index is 866. The molecule has 4 bridgehead atoms. The van der Waals surface area contributed by atoms with Gasteiger partial charge in [0.25, 0.3) is 15.8 Å². The quantitative estimate of drug-likeness (QED) is 0.326. The van der Waals surface area contributed by atoms with E-state index in [0.29, 0.717) is 5.92 Å². The van der Waals surface area contributed by atoms with E-state index in [-0.39, 0.29) is 40.2 Å². The number of nitro groups is 1. The van der Waals surface area contributed by atoms with E-state index >= 15 is 0 Å². The van der Waals surface area contributed by atoms with Gasteiger partial charge in [-0.1, -0.05) is 0 Å². The number of non-ortho nitro benzene ring substituents is 1. The number of hydrogen-bond donors (Lipinski definition) is 0. The predicted molar refractivity (Wildman–Crippen MR) is 93.1 cm³/mol. The van der Waals surface area contributed by atoms with Crippen LogP contribution in [0.3, 0.4) is 0 Å². The van der Waals surface area contributed by atoms with Gasteiger partial charge in [-0.2, -0.15) is 8.42 Å². The number of hydrogen-bond acceptors (Lipinski definition) is 7. The van der Waals surface area contributed by atoms with Crippen LogP contribution in [0.25, 0.3) is 0 Å². The molecule has 0 aromatic heterocycles. The molecular formula is C18H21NO7S. The summed E-state index contributed by atoms with van der Waals surface area (Å²) in [6, 6.07) is 4.65. The average Bonchev–Trinajstić information content (AvgIpc) is 2.64. The molecule has 4 fully saturated rings. The number of benzene rings is 1. The van der Waals surface area contributed by atoms with E-state index in [1.165, 1.54) is 19.2 Å². The summed E-state index contributed by atoms with van der Waals surface area (Å²) in [6.45, 7) is 0. The van der Waals surface area contributed by atoms with E-state index in [1.807, 2.05) is 0 Å². The third kappa shape index (κ3) is 3.12. The first-order chi connectivity index (χ1) is 12.8. The van der Waals surface area contributed by atoms with Crippen molar-refractivity contribution < 1.29 is 27.1 Å². The molecule has 0 heterocycles. The van der Waals surface area contributed by atoms with Crippen molar-refractivity contribution in [1.82, 2.24) is 0 Å². The van der Waals surface area contributed by atoms with Crippen molar-refractivity contribution >= 4 is 21.8 Å². The monoisotopic (exact) mass is 395 g/mol. The molecular weight excluding hydrogens is 374 g/mol. The molecule has 0 aliphatic heterocycles. The molecule has 0 radical (unpaired) electrons. The van der Waals surface area contributed by atoms with Gasteiger partial charge in [0.15, 0.2) is 0 Å². The van der Waals surface area contributed by atoms with Crippen molar-refractivity contribution in [3.63, 3.8) is 0 Å². The van der Waals surface area contributed by atoms with Gasteiger partial charge in [0, 0.05) is 18.1 Å². The van der Waals surface area contributed by atoms with Crippen molar-refractivity contribution in [3.05, 3.63) is 34.4 Å². The number of esters is 1. The molecule has 146 valence electrons. The fraction of sp³-hybridized carbons (Fsp3) is 0.611. The first-order valence-electron chi connectivity index (χ1n) is 9.05. The largest absolute Gasteiger partial charge is 0.469 e. The highest BCUT2D eigenvalue weighted by Gasteiger charge is 2.57. The van der Waals surface area contributed by atoms with E-state index in [9.17, 15) is 23.3 Å². The van der Waals surface area contributed by atoms with Crippen molar-refractivity contribution in [3.8, 4) is 0 Å². The van der Waals surface area contributed by atoms with Crippen molar-refractivity contribution in [2.45, 2.75) is 36.7 Å². The maximum absolute atomic E-state index is 12.7. The lowest BCUT2D eigenvalue weighted by Crippen LogP contribution is -2.57. The van der Waals surface area contributed by atoms with Crippen LogP contribution < -0.4 is 0 Å². The van der Waals surface area contributed by atoms with Gasteiger partial charge in [0.1, 0.15) is 0 Å². The van der Waals surface area contributed by atoms with E-state index in [0.717, 1.165) is 37.8 Å². The summed E-state index contributed by atoms with van der Waals surface area (Å²) >= 11 is 0. The van der Waals surface area contributed by atoms with Crippen LogP contribution >= 0.6 is 0 Å². The summed E-state index contributed by atoms with van der Waals surface area (Å²) in [5.41, 5.74) is -0.186. The normalized spacial score (nSPS) is 34.4. The summed E-state index contributed by atoms with van der Waals surface area (Å²) in [5.74, 6) is 0.0937. The molecule has 27 heavy (non-hydrogen) atoms. The molecule has 0 unspecified atom stereocenters. The molecule has 6 atom stereocenters. The highest BCUT2D eigenvalue weighted by molar-refractivity contribution is 7.86. The first kappa shape index (κ1) is 18.4. The second-order valence-corrected chi connectivity index (χ2v) is 9.38. The third-order valence-electron chi connectivity index (χ3n) is 6.39. The minimum Gasteiger partial charge on any atom is -0.469 e. The van der Waals surface area contributed by atoms with Crippen LogP contribution in [-0.2, 0) is 23.8 Å². The van der Waals surface area contributed by atoms with Crippen LogP contribution in [0.5, 0.6) is 0 Å². The fourth-order valence-corrected chi connectivity index (χ4v) is 6.62. The van der Waals surface area contributed by atoms with Crippen molar-refractivity contribution in [2.24, 2.45) is 29.6 Å². The van der Waals surface area contributed by atoms with Gasteiger partial charge in [-0.05, 0) is 55.6 Å². The number of carbonyl (C=O) groups excluding carboxylic acids is 1. The summed E-state index contributed by atoms with van der Waals surface area (Å²) in [7, 11) is -2.72. The molecule has 5 rings (SSSR count). The summed E-state index contributed by atoms with van der Waals surface area (Å²) in [4.78, 5) is 22.3. The maximum Gasteiger partial charge on any atom is 0.309 e. The molecule has 0 saturated heterocycles. The molecule has 0 N–H and O–H groups in total. The van der Waals surface area contributed by atoms with Crippen LogP contribution in [0, 0.1) is 39.7 Å². The zero-order chi connectivity index (χ0) is 19.3. The molecule has 0 amide bonds. The Morgan fingerprint density at radius 2 is 1.78 bits per heavy atom. The lowest BCUT2D eigenvalue weighted by Gasteiger charge is -2.56. The smallest absolute Gasteiger partial charge is 0.309 e. The Balaban J connectivity index is 1.59. The SMILES string of the molecule is COC(=O)[C@H]1[C@H]2C[C@H]3C[C@@H](C2)[C@H](OS(=O)(=O)c2ccc([N+](=O)[O-])cc2)[C@H]1C3. The highest BCUT2D eigenvalue weighted by atomic mass is 32.2. The summed E-state index contributed by atoms with van der Waals surface area (Å²) in [6.07, 6.45) is 2.90. The Labute approximate surface area is 157 Å². The standard InChI is InChI=1S/C18H21NO7S/c1-25-18(20)16-11-6-10-7-12(9-11)17(15(16)8-10)26-27(23,24)14-4-2-13(3-5-14)19(21)22/h2-5,10-12,15-17H,6-9H2,1H3/t10-,11-,12-,15-,16-,17-/m0/s1. The van der Waals surface area contributed by atoms with Gasteiger partial charge < -0.3 is 4.74 Å². The van der Waals surface area contributed by atoms with E-state index in [4.69, 9.17) is 8.92 Å². The second kappa shape index (κ2) is 6.56. The number of nitrogens with zero attached hydrogens (tertiary/aromatic N) is 1. The average molecular weight is 395 g/mol. The van der Waals surface area contributed by atoms with Crippen LogP contribution in [0.1, 0.15) is 25.7 Å². The second-order valence-electron chi connectivity index (χ2n) is 7.81. The molecule has 0 spiro atoms.